The molecule has 0 saturated heterocycles. The van der Waals surface area contributed by atoms with E-state index in [0.717, 1.165) is 4.57 Å². The van der Waals surface area contributed by atoms with Gasteiger partial charge in [0.15, 0.2) is 17.2 Å². The number of methoxy groups -OCH3 is 5. The van der Waals surface area contributed by atoms with Crippen molar-refractivity contribution in [2.45, 2.75) is 24.9 Å². The smallest absolute Gasteiger partial charge is 0.332 e. The monoisotopic (exact) mass is 653 g/mol. The molecule has 6 rings (SSSR count). The van der Waals surface area contributed by atoms with Crippen LogP contribution in [0.1, 0.15) is 40.7 Å². The molecule has 242 valence electrons. The third kappa shape index (κ3) is 3.93. The summed E-state index contributed by atoms with van der Waals surface area (Å²) in [4.78, 5) is 56.5. The Bertz CT molecular complexity index is 1990. The Hall–Kier alpha value is -4.91. The molecule has 14 heteroatoms. The van der Waals surface area contributed by atoms with Crippen molar-refractivity contribution in [3.63, 3.8) is 0 Å². The Labute approximate surface area is 268 Å². The SMILES string of the molecule is COc1cc(OC)c2c(c1Cl)O[C@@]1(C(=O)C3=C(C[C@H]1C)Nc1c(c(=O)n(C)c(=O)n1C)[C@H]3c1cc(OC)c(OC)c(OC)c1)C2=O. The van der Waals surface area contributed by atoms with Crippen molar-refractivity contribution in [2.75, 3.05) is 40.9 Å². The van der Waals surface area contributed by atoms with E-state index in [1.807, 2.05) is 0 Å². The molecule has 3 heterocycles. The maximum atomic E-state index is 15.1. The van der Waals surface area contributed by atoms with Gasteiger partial charge in [-0.2, -0.15) is 0 Å². The number of allylic oxidation sites excluding steroid dienone is 1. The number of nitrogens with one attached hydrogen (secondary N) is 1. The number of carbonyl (C=O) groups is 2. The molecule has 3 atom stereocenters. The number of hydrogen-bond acceptors (Lipinski definition) is 11. The summed E-state index contributed by atoms with van der Waals surface area (Å²) in [5.74, 6) is -1.74. The maximum absolute atomic E-state index is 15.1. The first-order chi connectivity index (χ1) is 21.9. The van der Waals surface area contributed by atoms with Crippen molar-refractivity contribution >= 4 is 29.0 Å². The Balaban J connectivity index is 1.65. The van der Waals surface area contributed by atoms with Gasteiger partial charge in [0.25, 0.3) is 5.56 Å². The molecule has 1 spiro atoms. The molecular weight excluding hydrogens is 622 g/mol. The zero-order valence-electron chi connectivity index (χ0n) is 26.4. The summed E-state index contributed by atoms with van der Waals surface area (Å²) in [6.07, 6.45) is 0.141. The van der Waals surface area contributed by atoms with Crippen LogP contribution in [0.5, 0.6) is 34.5 Å². The summed E-state index contributed by atoms with van der Waals surface area (Å²) < 4.78 is 36.3. The topological polar surface area (TPSA) is 146 Å². The summed E-state index contributed by atoms with van der Waals surface area (Å²) >= 11 is 6.63. The summed E-state index contributed by atoms with van der Waals surface area (Å²) in [5, 5.41) is 3.21. The number of hydrogen-bond donors (Lipinski definition) is 1. The zero-order chi connectivity index (χ0) is 33.4. The number of fused-ring (bicyclic) bond motifs is 2. The second-order valence-corrected chi connectivity index (χ2v) is 11.7. The lowest BCUT2D eigenvalue weighted by Crippen LogP contribution is -2.58. The lowest BCUT2D eigenvalue weighted by atomic mass is 9.66. The number of aromatic nitrogens is 2. The fourth-order valence-electron chi connectivity index (χ4n) is 6.79. The van der Waals surface area contributed by atoms with Gasteiger partial charge >= 0.3 is 5.69 Å². The molecule has 0 amide bonds. The van der Waals surface area contributed by atoms with E-state index in [9.17, 15) is 14.4 Å². The van der Waals surface area contributed by atoms with E-state index in [2.05, 4.69) is 5.32 Å². The molecule has 2 aromatic carbocycles. The fourth-order valence-corrected chi connectivity index (χ4v) is 7.05. The molecule has 3 aromatic rings. The number of Topliss-reactive ketones (excluding diaryl/α,β-unsaturated/α-hetero) is 2. The van der Waals surface area contributed by atoms with Crippen LogP contribution in [0.4, 0.5) is 5.82 Å². The van der Waals surface area contributed by atoms with Gasteiger partial charge in [-0.25, -0.2) is 4.79 Å². The van der Waals surface area contributed by atoms with Crippen molar-refractivity contribution in [1.82, 2.24) is 9.13 Å². The van der Waals surface area contributed by atoms with Crippen molar-refractivity contribution in [3.05, 3.63) is 72.0 Å². The zero-order valence-corrected chi connectivity index (χ0v) is 27.2. The molecule has 1 aromatic heterocycles. The van der Waals surface area contributed by atoms with Crippen LogP contribution in [0, 0.1) is 5.92 Å². The molecule has 1 N–H and O–H groups in total. The standard InChI is InChI=1S/C32H32ClN3O10/c1-13-9-15-21(27(37)32(13)28(38)22-16(41-4)12-17(42-5)24(33)26(22)46-32)20(14-10-18(43-6)25(45-8)19(11-14)44-7)23-29(34-15)35(2)31(40)36(3)30(23)39/h10-13,20,34H,9H2,1-8H3/t13-,20+,32+/m1/s1. The van der Waals surface area contributed by atoms with Crippen LogP contribution >= 0.6 is 11.6 Å². The Morgan fingerprint density at radius 3 is 2.02 bits per heavy atom. The third-order valence-electron chi connectivity index (χ3n) is 9.10. The van der Waals surface area contributed by atoms with E-state index in [4.69, 9.17) is 40.0 Å². The van der Waals surface area contributed by atoms with Crippen LogP contribution in [0.3, 0.4) is 0 Å². The number of ether oxygens (including phenoxy) is 6. The number of ketones is 2. The number of carbonyl (C=O) groups excluding carboxylic acids is 2. The second kappa shape index (κ2) is 10.9. The first-order valence-corrected chi connectivity index (χ1v) is 14.6. The van der Waals surface area contributed by atoms with E-state index < -0.39 is 40.3 Å². The molecule has 2 aliphatic heterocycles. The van der Waals surface area contributed by atoms with Gasteiger partial charge in [-0.1, -0.05) is 18.5 Å². The van der Waals surface area contributed by atoms with Crippen molar-refractivity contribution < 1.29 is 38.0 Å². The summed E-state index contributed by atoms with van der Waals surface area (Å²) in [5.41, 5.74) is -2.16. The highest BCUT2D eigenvalue weighted by Gasteiger charge is 2.64. The van der Waals surface area contributed by atoms with Crippen LogP contribution in [-0.2, 0) is 18.9 Å². The van der Waals surface area contributed by atoms with Gasteiger partial charge < -0.3 is 33.7 Å². The lowest BCUT2D eigenvalue weighted by molar-refractivity contribution is -0.130. The van der Waals surface area contributed by atoms with E-state index in [-0.39, 0.29) is 62.7 Å². The molecule has 3 aliphatic rings. The highest BCUT2D eigenvalue weighted by atomic mass is 35.5. The third-order valence-corrected chi connectivity index (χ3v) is 9.45. The van der Waals surface area contributed by atoms with Gasteiger partial charge in [0, 0.05) is 43.3 Å². The molecule has 0 saturated carbocycles. The van der Waals surface area contributed by atoms with Gasteiger partial charge in [0.1, 0.15) is 27.9 Å². The number of halogens is 1. The first kappa shape index (κ1) is 31.1. The van der Waals surface area contributed by atoms with Gasteiger partial charge in [-0.15, -0.1) is 0 Å². The summed E-state index contributed by atoms with van der Waals surface area (Å²) in [7, 11) is 10.0. The largest absolute Gasteiger partial charge is 0.496 e. The number of nitrogens with zero attached hydrogens (tertiary/aromatic N) is 2. The average Bonchev–Trinajstić information content (AvgIpc) is 3.38. The van der Waals surface area contributed by atoms with Crippen LogP contribution < -0.4 is 45.0 Å². The summed E-state index contributed by atoms with van der Waals surface area (Å²) in [6.45, 7) is 1.72. The minimum atomic E-state index is -2.05. The second-order valence-electron chi connectivity index (χ2n) is 11.3. The van der Waals surface area contributed by atoms with Crippen LogP contribution in [0.25, 0.3) is 0 Å². The predicted octanol–water partition coefficient (Wildman–Crippen LogP) is 3.21. The molecule has 0 radical (unpaired) electrons. The number of anilines is 1. The van der Waals surface area contributed by atoms with Crippen LogP contribution in [0.2, 0.25) is 5.02 Å². The van der Waals surface area contributed by atoms with Crippen molar-refractivity contribution in [2.24, 2.45) is 20.0 Å². The molecule has 46 heavy (non-hydrogen) atoms. The molecule has 0 unspecified atom stereocenters. The Kier molecular flexibility index (Phi) is 7.34. The van der Waals surface area contributed by atoms with E-state index in [1.54, 1.807) is 19.1 Å². The number of benzene rings is 2. The molecule has 13 nitrogen and oxygen atoms in total. The first-order valence-electron chi connectivity index (χ1n) is 14.2. The van der Waals surface area contributed by atoms with Crippen molar-refractivity contribution in [1.29, 1.82) is 0 Å². The number of rotatable bonds is 6. The molecule has 0 bridgehead atoms. The van der Waals surface area contributed by atoms with E-state index in [0.29, 0.717) is 17.0 Å². The van der Waals surface area contributed by atoms with Crippen molar-refractivity contribution in [3.8, 4) is 34.5 Å². The minimum absolute atomic E-state index is 0.0143. The summed E-state index contributed by atoms with van der Waals surface area (Å²) in [6, 6.07) is 4.72. The normalized spacial score (nSPS) is 21.2. The Morgan fingerprint density at radius 2 is 1.46 bits per heavy atom. The van der Waals surface area contributed by atoms with Gasteiger partial charge in [0.05, 0.1) is 41.1 Å². The highest BCUT2D eigenvalue weighted by molar-refractivity contribution is 6.36. The lowest BCUT2D eigenvalue weighted by Gasteiger charge is -2.42. The minimum Gasteiger partial charge on any atom is -0.496 e. The Morgan fingerprint density at radius 1 is 0.848 bits per heavy atom. The average molecular weight is 654 g/mol. The predicted molar refractivity (Wildman–Crippen MR) is 167 cm³/mol. The van der Waals surface area contributed by atoms with Gasteiger partial charge in [-0.05, 0) is 24.1 Å². The molecule has 1 aliphatic carbocycles. The van der Waals surface area contributed by atoms with Gasteiger partial charge in [-0.3, -0.25) is 23.5 Å². The van der Waals surface area contributed by atoms with Gasteiger partial charge in [0.2, 0.25) is 22.9 Å². The maximum Gasteiger partial charge on any atom is 0.332 e. The van der Waals surface area contributed by atoms with Crippen LogP contribution in [0.15, 0.2) is 39.1 Å². The molecular formula is C32H32ClN3O10. The fraction of sp³-hybridized carbons (Fsp3) is 0.375. The van der Waals surface area contributed by atoms with E-state index in [1.165, 1.54) is 60.3 Å². The molecule has 0 fully saturated rings. The van der Waals surface area contributed by atoms with E-state index >= 15 is 4.79 Å². The highest BCUT2D eigenvalue weighted by Crippen LogP contribution is 2.57. The van der Waals surface area contributed by atoms with Crippen LogP contribution in [-0.4, -0.2) is 61.9 Å². The quantitative estimate of drug-likeness (QED) is 0.392.